The highest BCUT2D eigenvalue weighted by atomic mass is 28.2. The smallest absolute Gasteiger partial charge is 0.0965 e. The van der Waals surface area contributed by atoms with Crippen LogP contribution in [0.3, 0.4) is 0 Å². The first-order chi connectivity index (χ1) is 6.35. The van der Waals surface area contributed by atoms with Crippen LogP contribution in [0, 0.1) is 0 Å². The van der Waals surface area contributed by atoms with E-state index in [2.05, 4.69) is 30.7 Å². The number of hydrogen-bond acceptors (Lipinski definition) is 2. The van der Waals surface area contributed by atoms with Crippen LogP contribution in [0.25, 0.3) is 0 Å². The lowest BCUT2D eigenvalue weighted by Crippen LogP contribution is -2.37. The van der Waals surface area contributed by atoms with Crippen LogP contribution in [-0.2, 0) is 0 Å². The van der Waals surface area contributed by atoms with Gasteiger partial charge in [0.2, 0.25) is 0 Å². The van der Waals surface area contributed by atoms with E-state index in [1.165, 1.54) is 31.9 Å². The van der Waals surface area contributed by atoms with Crippen molar-refractivity contribution in [3.8, 4) is 0 Å². The molecule has 0 bridgehead atoms. The molecule has 0 saturated heterocycles. The SMILES string of the molecule is CCCCN(CNCC)[SiH2]CCC. The Kier molecular flexibility index (Phi) is 10.3. The van der Waals surface area contributed by atoms with Crippen molar-refractivity contribution in [2.75, 3.05) is 19.8 Å². The van der Waals surface area contributed by atoms with Crippen molar-refractivity contribution < 1.29 is 0 Å². The highest BCUT2D eigenvalue weighted by Gasteiger charge is 2.01. The van der Waals surface area contributed by atoms with Crippen molar-refractivity contribution in [2.24, 2.45) is 0 Å². The molecule has 0 aliphatic carbocycles. The third-order valence-corrected chi connectivity index (χ3v) is 4.44. The van der Waals surface area contributed by atoms with E-state index in [0.717, 1.165) is 13.2 Å². The molecule has 0 aromatic rings. The fourth-order valence-electron chi connectivity index (χ4n) is 1.30. The van der Waals surface area contributed by atoms with Crippen LogP contribution in [0.5, 0.6) is 0 Å². The number of rotatable bonds is 9. The van der Waals surface area contributed by atoms with Gasteiger partial charge in [-0.3, -0.25) is 0 Å². The van der Waals surface area contributed by atoms with E-state index in [1.807, 2.05) is 0 Å². The number of nitrogens with zero attached hydrogens (tertiary/aromatic N) is 1. The largest absolute Gasteiger partial charge is 0.317 e. The molecule has 2 nitrogen and oxygen atoms in total. The zero-order valence-corrected chi connectivity index (χ0v) is 11.0. The lowest BCUT2D eigenvalue weighted by Gasteiger charge is -2.21. The molecular weight excluding hydrogens is 176 g/mol. The Balaban J connectivity index is 3.47. The van der Waals surface area contributed by atoms with Gasteiger partial charge in [0.1, 0.15) is 0 Å². The molecule has 0 aliphatic heterocycles. The Morgan fingerprint density at radius 1 is 1.15 bits per heavy atom. The lowest BCUT2D eigenvalue weighted by molar-refractivity contribution is 0.396. The number of unbranched alkanes of at least 4 members (excludes halogenated alkanes) is 1. The first kappa shape index (κ1) is 13.1. The summed E-state index contributed by atoms with van der Waals surface area (Å²) in [5, 5.41) is 3.43. The molecule has 0 spiro atoms. The summed E-state index contributed by atoms with van der Waals surface area (Å²) in [5.74, 6) is 0. The van der Waals surface area contributed by atoms with E-state index in [-0.39, 0.29) is 9.68 Å². The summed E-state index contributed by atoms with van der Waals surface area (Å²) in [4.78, 5) is 0. The molecular formula is C10H26N2Si. The highest BCUT2D eigenvalue weighted by molar-refractivity contribution is 6.31. The summed E-state index contributed by atoms with van der Waals surface area (Å²) in [6.07, 6.45) is 4.05. The molecule has 0 aromatic carbocycles. The zero-order chi connectivity index (χ0) is 9.94. The molecule has 0 aromatic heterocycles. The maximum atomic E-state index is 3.43. The number of hydrogen-bond donors (Lipinski definition) is 1. The van der Waals surface area contributed by atoms with Crippen molar-refractivity contribution in [3.05, 3.63) is 0 Å². The van der Waals surface area contributed by atoms with Gasteiger partial charge >= 0.3 is 0 Å². The van der Waals surface area contributed by atoms with E-state index in [9.17, 15) is 0 Å². The Bertz CT molecular complexity index is 79.9. The Morgan fingerprint density at radius 2 is 1.92 bits per heavy atom. The van der Waals surface area contributed by atoms with Gasteiger partial charge in [0.05, 0.1) is 9.68 Å². The van der Waals surface area contributed by atoms with Gasteiger partial charge in [-0.05, 0) is 19.5 Å². The van der Waals surface area contributed by atoms with Gasteiger partial charge in [0, 0.05) is 6.67 Å². The van der Waals surface area contributed by atoms with Crippen LogP contribution in [0.15, 0.2) is 0 Å². The van der Waals surface area contributed by atoms with Crippen LogP contribution in [0.1, 0.15) is 40.0 Å². The molecule has 0 heterocycles. The zero-order valence-electron chi connectivity index (χ0n) is 9.60. The van der Waals surface area contributed by atoms with Crippen molar-refractivity contribution in [3.63, 3.8) is 0 Å². The third kappa shape index (κ3) is 8.47. The average Bonchev–Trinajstić information content (AvgIpc) is 2.17. The van der Waals surface area contributed by atoms with Gasteiger partial charge in [-0.25, -0.2) is 0 Å². The number of nitrogens with one attached hydrogen (secondary N) is 1. The third-order valence-electron chi connectivity index (χ3n) is 2.24. The molecule has 0 amide bonds. The van der Waals surface area contributed by atoms with E-state index < -0.39 is 0 Å². The quantitative estimate of drug-likeness (QED) is 0.451. The van der Waals surface area contributed by atoms with Crippen molar-refractivity contribution in [1.82, 2.24) is 9.88 Å². The van der Waals surface area contributed by atoms with Gasteiger partial charge in [-0.1, -0.05) is 39.7 Å². The van der Waals surface area contributed by atoms with E-state index >= 15 is 0 Å². The van der Waals surface area contributed by atoms with Crippen LogP contribution < -0.4 is 5.32 Å². The monoisotopic (exact) mass is 202 g/mol. The second-order valence-corrected chi connectivity index (χ2v) is 5.64. The minimum absolute atomic E-state index is 0.0555. The molecule has 0 fully saturated rings. The molecule has 0 rings (SSSR count). The molecule has 1 N–H and O–H groups in total. The lowest BCUT2D eigenvalue weighted by atomic mass is 10.3. The van der Waals surface area contributed by atoms with E-state index in [4.69, 9.17) is 0 Å². The molecule has 80 valence electrons. The predicted molar refractivity (Wildman–Crippen MR) is 63.8 cm³/mol. The standard InChI is InChI=1S/C10H26N2Si/c1-4-7-8-12(10-11-6-3)13-9-5-2/h11H,4-10,13H2,1-3H3. The molecule has 0 unspecified atom stereocenters. The van der Waals surface area contributed by atoms with E-state index in [0.29, 0.717) is 0 Å². The van der Waals surface area contributed by atoms with Crippen molar-refractivity contribution in [1.29, 1.82) is 0 Å². The minimum Gasteiger partial charge on any atom is -0.317 e. The summed E-state index contributed by atoms with van der Waals surface area (Å²) >= 11 is 0. The highest BCUT2D eigenvalue weighted by Crippen LogP contribution is 1.96. The molecule has 0 radical (unpaired) electrons. The van der Waals surface area contributed by atoms with Gasteiger partial charge in [0.25, 0.3) is 0 Å². The second kappa shape index (κ2) is 10.2. The summed E-state index contributed by atoms with van der Waals surface area (Å²) in [5.41, 5.74) is 0. The minimum atomic E-state index is 0.0555. The fourth-order valence-corrected chi connectivity index (χ4v) is 2.83. The summed E-state index contributed by atoms with van der Waals surface area (Å²) in [6, 6.07) is 1.47. The molecule has 0 atom stereocenters. The second-order valence-electron chi connectivity index (χ2n) is 3.59. The molecule has 0 saturated carbocycles. The molecule has 0 aliphatic rings. The first-order valence-corrected chi connectivity index (χ1v) is 7.41. The Labute approximate surface area is 86.0 Å². The topological polar surface area (TPSA) is 15.3 Å². The molecule has 13 heavy (non-hydrogen) atoms. The van der Waals surface area contributed by atoms with Gasteiger partial charge in [-0.2, -0.15) is 0 Å². The van der Waals surface area contributed by atoms with Crippen LogP contribution in [0.4, 0.5) is 0 Å². The normalized spacial score (nSPS) is 12.0. The fraction of sp³-hybridized carbons (Fsp3) is 1.00. The van der Waals surface area contributed by atoms with Gasteiger partial charge < -0.3 is 9.88 Å². The summed E-state index contributed by atoms with van der Waals surface area (Å²) in [7, 11) is 0.0555. The van der Waals surface area contributed by atoms with Crippen LogP contribution >= 0.6 is 0 Å². The maximum Gasteiger partial charge on any atom is 0.0965 e. The van der Waals surface area contributed by atoms with Crippen molar-refractivity contribution >= 4 is 9.68 Å². The van der Waals surface area contributed by atoms with E-state index in [1.54, 1.807) is 0 Å². The molecule has 3 heteroatoms. The van der Waals surface area contributed by atoms with Crippen LogP contribution in [-0.4, -0.2) is 34.0 Å². The maximum absolute atomic E-state index is 3.43. The summed E-state index contributed by atoms with van der Waals surface area (Å²) < 4.78 is 2.66. The van der Waals surface area contributed by atoms with Gasteiger partial charge in [-0.15, -0.1) is 0 Å². The van der Waals surface area contributed by atoms with Crippen molar-refractivity contribution in [2.45, 2.75) is 46.1 Å². The Hall–Kier alpha value is 0.137. The van der Waals surface area contributed by atoms with Gasteiger partial charge in [0.15, 0.2) is 0 Å². The predicted octanol–water partition coefficient (Wildman–Crippen LogP) is 1.57. The average molecular weight is 202 g/mol. The first-order valence-electron chi connectivity index (χ1n) is 5.78. The summed E-state index contributed by atoms with van der Waals surface area (Å²) in [6.45, 7) is 10.3. The van der Waals surface area contributed by atoms with Crippen LogP contribution in [0.2, 0.25) is 6.04 Å². The Morgan fingerprint density at radius 3 is 2.46 bits per heavy atom.